The highest BCUT2D eigenvalue weighted by atomic mass is 15.2. The zero-order chi connectivity index (χ0) is 8.10. The van der Waals surface area contributed by atoms with Crippen molar-refractivity contribution >= 4 is 0 Å². The Bertz CT molecular complexity index is 99.5. The molecule has 2 N–H and O–H groups in total. The molecular formula is C8H18N3. The number of hydrogen-bond donors (Lipinski definition) is 2. The number of hydrogen-bond acceptors (Lipinski definition) is 2. The molecule has 0 amide bonds. The smallest absolute Gasteiger partial charge is 0.0864 e. The van der Waals surface area contributed by atoms with Gasteiger partial charge in [-0.1, -0.05) is 6.92 Å². The van der Waals surface area contributed by atoms with Crippen LogP contribution in [0.5, 0.6) is 0 Å². The van der Waals surface area contributed by atoms with Crippen molar-refractivity contribution in [2.75, 3.05) is 19.6 Å². The van der Waals surface area contributed by atoms with Crippen molar-refractivity contribution in [2.45, 2.75) is 32.5 Å². The number of nitrogens with zero attached hydrogens (tertiary/aromatic N) is 1. The standard InChI is InChI=1S/C8H18N3/c1-3-7(2)11-8-6-9-4-5-10-8/h7-9,11H,3-6H2,1-2H3. The summed E-state index contributed by atoms with van der Waals surface area (Å²) >= 11 is 0. The zero-order valence-electron chi connectivity index (χ0n) is 7.43. The van der Waals surface area contributed by atoms with Gasteiger partial charge in [-0.3, -0.25) is 5.32 Å². The Hall–Kier alpha value is -0.120. The van der Waals surface area contributed by atoms with E-state index in [4.69, 9.17) is 0 Å². The van der Waals surface area contributed by atoms with Gasteiger partial charge in [0, 0.05) is 25.7 Å². The van der Waals surface area contributed by atoms with E-state index >= 15 is 0 Å². The lowest BCUT2D eigenvalue weighted by atomic mass is 10.2. The van der Waals surface area contributed by atoms with Crippen LogP contribution in [0.25, 0.3) is 0 Å². The fourth-order valence-corrected chi connectivity index (χ4v) is 1.16. The molecule has 0 aromatic heterocycles. The highest BCUT2D eigenvalue weighted by Gasteiger charge is 2.13. The molecule has 1 aliphatic rings. The Morgan fingerprint density at radius 1 is 1.73 bits per heavy atom. The minimum absolute atomic E-state index is 0.346. The highest BCUT2D eigenvalue weighted by Crippen LogP contribution is 1.92. The Kier molecular flexibility index (Phi) is 3.83. The largest absolute Gasteiger partial charge is 0.312 e. The van der Waals surface area contributed by atoms with Gasteiger partial charge in [0.15, 0.2) is 0 Å². The molecule has 3 heteroatoms. The molecule has 1 radical (unpaired) electrons. The number of rotatable bonds is 3. The van der Waals surface area contributed by atoms with Crippen LogP contribution in [-0.2, 0) is 0 Å². The maximum Gasteiger partial charge on any atom is 0.0864 e. The van der Waals surface area contributed by atoms with Crippen LogP contribution in [0.1, 0.15) is 20.3 Å². The quantitative estimate of drug-likeness (QED) is 0.599. The van der Waals surface area contributed by atoms with E-state index in [2.05, 4.69) is 29.8 Å². The molecule has 11 heavy (non-hydrogen) atoms. The van der Waals surface area contributed by atoms with Crippen molar-refractivity contribution < 1.29 is 0 Å². The average Bonchev–Trinajstić information content (AvgIpc) is 2.06. The molecule has 65 valence electrons. The molecule has 0 aliphatic carbocycles. The molecule has 0 spiro atoms. The molecule has 1 heterocycles. The Labute approximate surface area is 68.9 Å². The summed E-state index contributed by atoms with van der Waals surface area (Å²) in [6, 6.07) is 0.587. The minimum Gasteiger partial charge on any atom is -0.312 e. The second-order valence-electron chi connectivity index (χ2n) is 3.10. The van der Waals surface area contributed by atoms with Gasteiger partial charge < -0.3 is 5.32 Å². The van der Waals surface area contributed by atoms with Gasteiger partial charge >= 0.3 is 0 Å². The van der Waals surface area contributed by atoms with E-state index in [-0.39, 0.29) is 0 Å². The zero-order valence-corrected chi connectivity index (χ0v) is 7.43. The van der Waals surface area contributed by atoms with Gasteiger partial charge in [0.25, 0.3) is 0 Å². The summed E-state index contributed by atoms with van der Waals surface area (Å²) in [4.78, 5) is 0. The fourth-order valence-electron chi connectivity index (χ4n) is 1.16. The van der Waals surface area contributed by atoms with Crippen LogP contribution in [0.4, 0.5) is 0 Å². The van der Waals surface area contributed by atoms with Gasteiger partial charge in [0.1, 0.15) is 0 Å². The summed E-state index contributed by atoms with van der Waals surface area (Å²) in [5.41, 5.74) is 0. The summed E-state index contributed by atoms with van der Waals surface area (Å²) in [5, 5.41) is 11.2. The third kappa shape index (κ3) is 3.18. The molecule has 3 nitrogen and oxygen atoms in total. The van der Waals surface area contributed by atoms with Gasteiger partial charge in [-0.15, -0.1) is 0 Å². The van der Waals surface area contributed by atoms with Crippen LogP contribution in [-0.4, -0.2) is 31.8 Å². The van der Waals surface area contributed by atoms with E-state index < -0.39 is 0 Å². The molecule has 1 rings (SSSR count). The summed E-state index contributed by atoms with van der Waals surface area (Å²) < 4.78 is 0. The van der Waals surface area contributed by atoms with Crippen LogP contribution in [0.3, 0.4) is 0 Å². The van der Waals surface area contributed by atoms with E-state index in [9.17, 15) is 0 Å². The normalized spacial score (nSPS) is 28.4. The molecule has 0 aromatic carbocycles. The van der Waals surface area contributed by atoms with Crippen molar-refractivity contribution in [3.8, 4) is 0 Å². The summed E-state index contributed by atoms with van der Waals surface area (Å²) in [7, 11) is 0. The minimum atomic E-state index is 0.346. The monoisotopic (exact) mass is 156 g/mol. The topological polar surface area (TPSA) is 38.2 Å². The van der Waals surface area contributed by atoms with Crippen LogP contribution >= 0.6 is 0 Å². The molecule has 2 unspecified atom stereocenters. The lowest BCUT2D eigenvalue weighted by Crippen LogP contribution is -2.54. The van der Waals surface area contributed by atoms with Gasteiger partial charge in [0.05, 0.1) is 6.17 Å². The predicted molar refractivity (Wildman–Crippen MR) is 46.5 cm³/mol. The molecule has 0 bridgehead atoms. The molecule has 2 atom stereocenters. The first kappa shape index (κ1) is 8.97. The van der Waals surface area contributed by atoms with Gasteiger partial charge in [-0.2, -0.15) is 0 Å². The lowest BCUT2D eigenvalue weighted by molar-refractivity contribution is 0.322. The Morgan fingerprint density at radius 3 is 3.09 bits per heavy atom. The van der Waals surface area contributed by atoms with Crippen LogP contribution in [0.15, 0.2) is 0 Å². The molecule has 0 saturated carbocycles. The maximum absolute atomic E-state index is 4.44. The summed E-state index contributed by atoms with van der Waals surface area (Å²) in [6.45, 7) is 7.37. The lowest BCUT2D eigenvalue weighted by Gasteiger charge is -2.26. The average molecular weight is 156 g/mol. The van der Waals surface area contributed by atoms with Crippen molar-refractivity contribution in [3.05, 3.63) is 0 Å². The SMILES string of the molecule is CCC(C)NC1CNCC[N]1. The van der Waals surface area contributed by atoms with Crippen molar-refractivity contribution in [2.24, 2.45) is 0 Å². The molecule has 1 fully saturated rings. The first-order chi connectivity index (χ1) is 5.33. The van der Waals surface area contributed by atoms with Crippen LogP contribution in [0.2, 0.25) is 0 Å². The molecule has 1 saturated heterocycles. The van der Waals surface area contributed by atoms with E-state index in [1.165, 1.54) is 6.42 Å². The number of nitrogens with one attached hydrogen (secondary N) is 2. The van der Waals surface area contributed by atoms with Gasteiger partial charge in [-0.25, -0.2) is 5.32 Å². The first-order valence-corrected chi connectivity index (χ1v) is 4.46. The Morgan fingerprint density at radius 2 is 2.55 bits per heavy atom. The fraction of sp³-hybridized carbons (Fsp3) is 1.00. The van der Waals surface area contributed by atoms with Crippen LogP contribution < -0.4 is 16.0 Å². The summed E-state index contributed by atoms with van der Waals surface area (Å²) in [5.74, 6) is 0. The molecule has 1 aliphatic heterocycles. The van der Waals surface area contributed by atoms with Crippen molar-refractivity contribution in [1.29, 1.82) is 0 Å². The van der Waals surface area contributed by atoms with Crippen molar-refractivity contribution in [1.82, 2.24) is 16.0 Å². The van der Waals surface area contributed by atoms with E-state index in [0.29, 0.717) is 12.2 Å². The van der Waals surface area contributed by atoms with E-state index in [1.54, 1.807) is 0 Å². The maximum atomic E-state index is 4.44. The van der Waals surface area contributed by atoms with Gasteiger partial charge in [-0.05, 0) is 13.3 Å². The first-order valence-electron chi connectivity index (χ1n) is 4.46. The second-order valence-corrected chi connectivity index (χ2v) is 3.10. The third-order valence-electron chi connectivity index (χ3n) is 2.07. The highest BCUT2D eigenvalue weighted by molar-refractivity contribution is 4.75. The van der Waals surface area contributed by atoms with E-state index in [0.717, 1.165) is 19.6 Å². The van der Waals surface area contributed by atoms with E-state index in [1.807, 2.05) is 0 Å². The molecule has 0 aromatic rings. The van der Waals surface area contributed by atoms with Gasteiger partial charge in [0.2, 0.25) is 0 Å². The molecular weight excluding hydrogens is 138 g/mol. The number of piperazine rings is 1. The Balaban J connectivity index is 2.13. The third-order valence-corrected chi connectivity index (χ3v) is 2.07. The predicted octanol–water partition coefficient (Wildman–Crippen LogP) is -0.0918. The second kappa shape index (κ2) is 4.70. The van der Waals surface area contributed by atoms with Crippen LogP contribution in [0, 0.1) is 0 Å². The van der Waals surface area contributed by atoms with Crippen molar-refractivity contribution in [3.63, 3.8) is 0 Å². The summed E-state index contributed by atoms with van der Waals surface area (Å²) in [6.07, 6.45) is 1.52.